The molecule has 1 fully saturated rings. The molecule has 0 saturated heterocycles. The Morgan fingerprint density at radius 1 is 1.26 bits per heavy atom. The second-order valence-electron chi connectivity index (χ2n) is 5.11. The molecule has 2 aromatic rings. The average molecular weight is 259 g/mol. The summed E-state index contributed by atoms with van der Waals surface area (Å²) in [4.78, 5) is 12.2. The van der Waals surface area contributed by atoms with Gasteiger partial charge in [0.05, 0.1) is 11.6 Å². The third-order valence-electron chi connectivity index (χ3n) is 3.78. The van der Waals surface area contributed by atoms with E-state index in [9.17, 15) is 9.90 Å². The Balaban J connectivity index is 1.72. The highest BCUT2D eigenvalue weighted by Gasteiger charge is 2.25. The number of aromatic nitrogens is 2. The molecule has 1 amide bonds. The summed E-state index contributed by atoms with van der Waals surface area (Å²) < 4.78 is 0. The summed E-state index contributed by atoms with van der Waals surface area (Å²) in [6.45, 7) is 0. The molecule has 0 aliphatic heterocycles. The number of rotatable bonds is 2. The normalized spacial score (nSPS) is 23.4. The van der Waals surface area contributed by atoms with Crippen LogP contribution in [0.2, 0.25) is 0 Å². The quantitative estimate of drug-likeness (QED) is 0.772. The molecule has 5 nitrogen and oxygen atoms in total. The molecular formula is C14H17N3O2. The van der Waals surface area contributed by atoms with Crippen molar-refractivity contribution in [3.63, 3.8) is 0 Å². The summed E-state index contributed by atoms with van der Waals surface area (Å²) in [7, 11) is 0. The van der Waals surface area contributed by atoms with Gasteiger partial charge in [0.2, 0.25) is 5.91 Å². The Labute approximate surface area is 111 Å². The largest absolute Gasteiger partial charge is 0.393 e. The van der Waals surface area contributed by atoms with Crippen LogP contribution in [0, 0.1) is 5.92 Å². The van der Waals surface area contributed by atoms with Crippen LogP contribution in [0.1, 0.15) is 25.7 Å². The molecule has 0 spiro atoms. The summed E-state index contributed by atoms with van der Waals surface area (Å²) in [6, 6.07) is 7.70. The van der Waals surface area contributed by atoms with Gasteiger partial charge in [0.15, 0.2) is 5.82 Å². The zero-order valence-corrected chi connectivity index (χ0v) is 10.6. The number of benzene rings is 1. The number of carbonyl (C=O) groups excluding carboxylic acids is 1. The van der Waals surface area contributed by atoms with Crippen molar-refractivity contribution in [2.75, 3.05) is 5.32 Å². The molecule has 1 saturated carbocycles. The molecule has 0 radical (unpaired) electrons. The van der Waals surface area contributed by atoms with Gasteiger partial charge < -0.3 is 10.4 Å². The van der Waals surface area contributed by atoms with Crippen LogP contribution >= 0.6 is 0 Å². The van der Waals surface area contributed by atoms with Gasteiger partial charge in [0.1, 0.15) is 0 Å². The first-order valence-electron chi connectivity index (χ1n) is 6.66. The maximum atomic E-state index is 12.2. The standard InChI is InChI=1S/C14H17N3O2/c18-10-7-5-9(6-8-10)14(19)15-13-11-3-1-2-4-12(11)16-17-13/h1-4,9-10,18H,5-8H2,(H2,15,16,17,19). The van der Waals surface area contributed by atoms with Crippen molar-refractivity contribution in [2.45, 2.75) is 31.8 Å². The highest BCUT2D eigenvalue weighted by molar-refractivity contribution is 6.00. The molecule has 5 heteroatoms. The molecule has 1 aromatic carbocycles. The lowest BCUT2D eigenvalue weighted by Crippen LogP contribution is -2.28. The van der Waals surface area contributed by atoms with Crippen molar-refractivity contribution < 1.29 is 9.90 Å². The number of hydrogen-bond acceptors (Lipinski definition) is 3. The highest BCUT2D eigenvalue weighted by atomic mass is 16.3. The fourth-order valence-electron chi connectivity index (χ4n) is 2.62. The van der Waals surface area contributed by atoms with E-state index >= 15 is 0 Å². The number of H-pyrrole nitrogens is 1. The van der Waals surface area contributed by atoms with Crippen LogP contribution < -0.4 is 5.32 Å². The number of fused-ring (bicyclic) bond motifs is 1. The van der Waals surface area contributed by atoms with E-state index < -0.39 is 0 Å². The summed E-state index contributed by atoms with van der Waals surface area (Å²) in [5.41, 5.74) is 0.914. The Bertz CT molecular complexity index is 585. The van der Waals surface area contributed by atoms with E-state index in [2.05, 4.69) is 15.5 Å². The SMILES string of the molecule is O=C(Nc1n[nH]c2ccccc12)C1CCC(O)CC1. The van der Waals surface area contributed by atoms with Crippen LogP contribution in [0.3, 0.4) is 0 Å². The molecule has 1 aliphatic carbocycles. The van der Waals surface area contributed by atoms with E-state index in [1.54, 1.807) is 0 Å². The number of hydrogen-bond donors (Lipinski definition) is 3. The first-order chi connectivity index (χ1) is 9.24. The second kappa shape index (κ2) is 5.01. The van der Waals surface area contributed by atoms with Gasteiger partial charge in [-0.1, -0.05) is 12.1 Å². The van der Waals surface area contributed by atoms with E-state index in [-0.39, 0.29) is 17.9 Å². The minimum absolute atomic E-state index is 0.00385. The topological polar surface area (TPSA) is 78.0 Å². The third-order valence-corrected chi connectivity index (χ3v) is 3.78. The van der Waals surface area contributed by atoms with E-state index in [1.165, 1.54) is 0 Å². The van der Waals surface area contributed by atoms with Gasteiger partial charge in [-0.3, -0.25) is 9.89 Å². The van der Waals surface area contributed by atoms with Gasteiger partial charge in [-0.25, -0.2) is 0 Å². The summed E-state index contributed by atoms with van der Waals surface area (Å²) in [6.07, 6.45) is 2.67. The van der Waals surface area contributed by atoms with E-state index in [0.29, 0.717) is 18.7 Å². The average Bonchev–Trinajstić information content (AvgIpc) is 2.83. The van der Waals surface area contributed by atoms with Crippen molar-refractivity contribution in [1.29, 1.82) is 0 Å². The van der Waals surface area contributed by atoms with Crippen LogP contribution in [0.25, 0.3) is 10.9 Å². The summed E-state index contributed by atoms with van der Waals surface area (Å²) >= 11 is 0. The maximum absolute atomic E-state index is 12.2. The summed E-state index contributed by atoms with van der Waals surface area (Å²) in [5.74, 6) is 0.578. The number of carbonyl (C=O) groups is 1. The number of nitrogens with zero attached hydrogens (tertiary/aromatic N) is 1. The molecule has 1 aliphatic rings. The van der Waals surface area contributed by atoms with E-state index in [1.807, 2.05) is 24.3 Å². The number of aliphatic hydroxyl groups is 1. The predicted molar refractivity (Wildman–Crippen MR) is 72.7 cm³/mol. The molecule has 1 heterocycles. The summed E-state index contributed by atoms with van der Waals surface area (Å²) in [5, 5.41) is 20.3. The molecule has 0 unspecified atom stereocenters. The Morgan fingerprint density at radius 3 is 2.79 bits per heavy atom. The van der Waals surface area contributed by atoms with Gasteiger partial charge in [-0.15, -0.1) is 0 Å². The maximum Gasteiger partial charge on any atom is 0.228 e. The zero-order valence-electron chi connectivity index (χ0n) is 10.6. The van der Waals surface area contributed by atoms with Crippen LogP contribution in [-0.4, -0.2) is 27.3 Å². The smallest absolute Gasteiger partial charge is 0.228 e. The first kappa shape index (κ1) is 12.2. The highest BCUT2D eigenvalue weighted by Crippen LogP contribution is 2.26. The number of anilines is 1. The fraction of sp³-hybridized carbons (Fsp3) is 0.429. The minimum Gasteiger partial charge on any atom is -0.393 e. The molecule has 1 aromatic heterocycles. The Kier molecular flexibility index (Phi) is 3.21. The number of nitrogens with one attached hydrogen (secondary N) is 2. The lowest BCUT2D eigenvalue weighted by atomic mass is 9.87. The Morgan fingerprint density at radius 2 is 2.00 bits per heavy atom. The van der Waals surface area contributed by atoms with E-state index in [0.717, 1.165) is 23.7 Å². The van der Waals surface area contributed by atoms with Gasteiger partial charge in [0, 0.05) is 11.3 Å². The molecule has 0 atom stereocenters. The molecule has 100 valence electrons. The monoisotopic (exact) mass is 259 g/mol. The van der Waals surface area contributed by atoms with Gasteiger partial charge in [-0.05, 0) is 37.8 Å². The third kappa shape index (κ3) is 2.46. The van der Waals surface area contributed by atoms with Gasteiger partial charge in [0.25, 0.3) is 0 Å². The fourth-order valence-corrected chi connectivity index (χ4v) is 2.62. The van der Waals surface area contributed by atoms with Crippen molar-refractivity contribution in [2.24, 2.45) is 5.92 Å². The van der Waals surface area contributed by atoms with Crippen molar-refractivity contribution in [3.05, 3.63) is 24.3 Å². The number of aliphatic hydroxyl groups excluding tert-OH is 1. The van der Waals surface area contributed by atoms with Crippen LogP contribution in [0.4, 0.5) is 5.82 Å². The lowest BCUT2D eigenvalue weighted by molar-refractivity contribution is -0.121. The molecule has 3 N–H and O–H groups in total. The number of para-hydroxylation sites is 1. The van der Waals surface area contributed by atoms with Gasteiger partial charge in [-0.2, -0.15) is 5.10 Å². The first-order valence-corrected chi connectivity index (χ1v) is 6.66. The molecule has 0 bridgehead atoms. The molecule has 19 heavy (non-hydrogen) atoms. The minimum atomic E-state index is -0.240. The molecular weight excluding hydrogens is 242 g/mol. The number of aromatic amines is 1. The molecule has 3 rings (SSSR count). The predicted octanol–water partition coefficient (Wildman–Crippen LogP) is 2.05. The van der Waals surface area contributed by atoms with Crippen molar-refractivity contribution >= 4 is 22.6 Å². The number of amides is 1. The Hall–Kier alpha value is -1.88. The van der Waals surface area contributed by atoms with Crippen LogP contribution in [0.15, 0.2) is 24.3 Å². The van der Waals surface area contributed by atoms with Gasteiger partial charge >= 0.3 is 0 Å². The van der Waals surface area contributed by atoms with E-state index in [4.69, 9.17) is 0 Å². The van der Waals surface area contributed by atoms with Crippen molar-refractivity contribution in [1.82, 2.24) is 10.2 Å². The van der Waals surface area contributed by atoms with Crippen LogP contribution in [-0.2, 0) is 4.79 Å². The van der Waals surface area contributed by atoms with Crippen molar-refractivity contribution in [3.8, 4) is 0 Å². The lowest BCUT2D eigenvalue weighted by Gasteiger charge is -2.24. The van der Waals surface area contributed by atoms with Crippen LogP contribution in [0.5, 0.6) is 0 Å². The second-order valence-corrected chi connectivity index (χ2v) is 5.11. The zero-order chi connectivity index (χ0) is 13.2.